The maximum Gasteiger partial charge on any atom is 0.110 e. The standard InChI is InChI=1S/C34H50N4O/c1-24(39)23-36-15-13-25(14-16-36)20-34-35-32-11-4-5-12-33(32)38(34)31-21-28-9-6-10-29(22-31)37(28)30-18-26-7-2-3-8-27(17-26)19-30/h4-5,11-12,25-31,39H,1-3,6-10,13-23H2/t26-,27+,28-,29+,30?,31?. The van der Waals surface area contributed by atoms with Crippen LogP contribution in [0.15, 0.2) is 36.6 Å². The van der Waals surface area contributed by atoms with Crippen molar-refractivity contribution in [1.82, 2.24) is 19.4 Å². The Kier molecular flexibility index (Phi) is 7.49. The number of imidazole rings is 1. The molecule has 0 amide bonds. The van der Waals surface area contributed by atoms with Gasteiger partial charge in [-0.05, 0) is 101 Å². The number of benzene rings is 1. The average Bonchev–Trinajstić information content (AvgIpc) is 3.19. The molecule has 212 valence electrons. The van der Waals surface area contributed by atoms with Crippen molar-refractivity contribution in [1.29, 1.82) is 0 Å². The summed E-state index contributed by atoms with van der Waals surface area (Å²) in [5.41, 5.74) is 2.55. The molecule has 5 fully saturated rings. The summed E-state index contributed by atoms with van der Waals surface area (Å²) in [7, 11) is 0. The van der Waals surface area contributed by atoms with Gasteiger partial charge in [0.25, 0.3) is 0 Å². The molecule has 5 aliphatic rings. The van der Waals surface area contributed by atoms with Gasteiger partial charge in [0.15, 0.2) is 0 Å². The zero-order chi connectivity index (χ0) is 26.3. The SMILES string of the molecule is C=C(O)CN1CCC(Cc2nc3ccccc3n2C2C[C@H]3CCC[C@@H](C2)N3C2C[C@H]3CCCC[C@@H](C2)C3)CC1. The van der Waals surface area contributed by atoms with Crippen molar-refractivity contribution < 1.29 is 5.11 Å². The molecule has 2 saturated carbocycles. The number of fused-ring (bicyclic) bond motifs is 5. The number of para-hydroxylation sites is 2. The van der Waals surface area contributed by atoms with E-state index in [4.69, 9.17) is 4.98 Å². The maximum absolute atomic E-state index is 9.64. The number of nitrogens with zero attached hydrogens (tertiary/aromatic N) is 4. The molecule has 5 nitrogen and oxygen atoms in total. The van der Waals surface area contributed by atoms with Crippen molar-refractivity contribution in [2.24, 2.45) is 17.8 Å². The van der Waals surface area contributed by atoms with Crippen LogP contribution in [0.2, 0.25) is 0 Å². The van der Waals surface area contributed by atoms with Gasteiger partial charge < -0.3 is 9.67 Å². The third-order valence-electron chi connectivity index (χ3n) is 11.4. The summed E-state index contributed by atoms with van der Waals surface area (Å²) in [5, 5.41) is 9.64. The van der Waals surface area contributed by atoms with Crippen molar-refractivity contribution in [3.63, 3.8) is 0 Å². The molecular formula is C34H50N4O. The van der Waals surface area contributed by atoms with E-state index in [0.29, 0.717) is 24.3 Å². The van der Waals surface area contributed by atoms with E-state index >= 15 is 0 Å². The summed E-state index contributed by atoms with van der Waals surface area (Å²) >= 11 is 0. The van der Waals surface area contributed by atoms with E-state index in [9.17, 15) is 5.11 Å². The largest absolute Gasteiger partial charge is 0.512 e. The quantitative estimate of drug-likeness (QED) is 0.399. The highest BCUT2D eigenvalue weighted by molar-refractivity contribution is 5.76. The third-order valence-corrected chi connectivity index (χ3v) is 11.4. The van der Waals surface area contributed by atoms with Crippen LogP contribution >= 0.6 is 0 Å². The van der Waals surface area contributed by atoms with Crippen LogP contribution in [0.1, 0.15) is 102 Å². The first kappa shape index (κ1) is 26.1. The number of hydrogen-bond donors (Lipinski definition) is 1. The summed E-state index contributed by atoms with van der Waals surface area (Å²) in [6, 6.07) is 11.9. The van der Waals surface area contributed by atoms with Gasteiger partial charge in [-0.1, -0.05) is 50.8 Å². The van der Waals surface area contributed by atoms with Crippen LogP contribution in [-0.2, 0) is 6.42 Å². The Balaban J connectivity index is 1.11. The lowest BCUT2D eigenvalue weighted by molar-refractivity contribution is -0.0420. The molecule has 4 bridgehead atoms. The molecule has 2 aliphatic carbocycles. The van der Waals surface area contributed by atoms with E-state index in [0.717, 1.165) is 49.5 Å². The molecule has 3 aliphatic heterocycles. The second-order valence-electron chi connectivity index (χ2n) is 14.1. The summed E-state index contributed by atoms with van der Waals surface area (Å²) in [6.07, 6.45) is 20.8. The van der Waals surface area contributed by atoms with Crippen molar-refractivity contribution in [2.45, 2.75) is 120 Å². The Morgan fingerprint density at radius 2 is 1.49 bits per heavy atom. The highest BCUT2D eigenvalue weighted by Crippen LogP contribution is 2.47. The first-order chi connectivity index (χ1) is 19.1. The lowest BCUT2D eigenvalue weighted by Crippen LogP contribution is -2.58. The van der Waals surface area contributed by atoms with E-state index in [-0.39, 0.29) is 0 Å². The predicted molar refractivity (Wildman–Crippen MR) is 159 cm³/mol. The lowest BCUT2D eigenvalue weighted by atomic mass is 9.73. The molecule has 0 radical (unpaired) electrons. The number of aliphatic hydroxyl groups is 1. The molecule has 5 heteroatoms. The minimum Gasteiger partial charge on any atom is -0.512 e. The molecule has 39 heavy (non-hydrogen) atoms. The minimum absolute atomic E-state index is 0.291. The molecule has 6 atom stereocenters. The average molecular weight is 531 g/mol. The summed E-state index contributed by atoms with van der Waals surface area (Å²) in [5.74, 6) is 4.30. The second-order valence-corrected chi connectivity index (χ2v) is 14.1. The van der Waals surface area contributed by atoms with Gasteiger partial charge in [-0.25, -0.2) is 4.98 Å². The van der Waals surface area contributed by atoms with E-state index in [1.807, 2.05) is 0 Å². The zero-order valence-corrected chi connectivity index (χ0v) is 24.0. The molecule has 1 aromatic carbocycles. The number of hydrogen-bond acceptors (Lipinski definition) is 4. The van der Waals surface area contributed by atoms with Crippen LogP contribution in [-0.4, -0.2) is 62.2 Å². The topological polar surface area (TPSA) is 44.5 Å². The summed E-state index contributed by atoms with van der Waals surface area (Å²) in [4.78, 5) is 10.7. The van der Waals surface area contributed by atoms with E-state index in [2.05, 4.69) is 45.2 Å². The summed E-state index contributed by atoms with van der Waals surface area (Å²) in [6.45, 7) is 6.42. The molecule has 2 aromatic rings. The fourth-order valence-electron chi connectivity index (χ4n) is 9.82. The van der Waals surface area contributed by atoms with Crippen LogP contribution in [0.5, 0.6) is 0 Å². The van der Waals surface area contributed by atoms with Crippen LogP contribution in [0, 0.1) is 17.8 Å². The van der Waals surface area contributed by atoms with Crippen LogP contribution < -0.4 is 0 Å². The van der Waals surface area contributed by atoms with Crippen molar-refractivity contribution in [3.05, 3.63) is 42.4 Å². The summed E-state index contributed by atoms with van der Waals surface area (Å²) < 4.78 is 2.72. The Labute approximate surface area is 235 Å². The Bertz CT molecular complexity index is 1120. The Hall–Kier alpha value is -1.85. The number of piperidine rings is 3. The predicted octanol–water partition coefficient (Wildman–Crippen LogP) is 7.28. The normalized spacial score (nSPS) is 34.7. The fourth-order valence-corrected chi connectivity index (χ4v) is 9.82. The highest BCUT2D eigenvalue weighted by Gasteiger charge is 2.45. The minimum atomic E-state index is 0.291. The van der Waals surface area contributed by atoms with Gasteiger partial charge in [0.05, 0.1) is 23.3 Å². The van der Waals surface area contributed by atoms with Crippen LogP contribution in [0.3, 0.4) is 0 Å². The third kappa shape index (κ3) is 5.43. The first-order valence-electron chi connectivity index (χ1n) is 16.4. The number of rotatable bonds is 6. The molecule has 0 spiro atoms. The van der Waals surface area contributed by atoms with Gasteiger partial charge in [-0.15, -0.1) is 0 Å². The van der Waals surface area contributed by atoms with Crippen LogP contribution in [0.4, 0.5) is 0 Å². The number of aliphatic hydroxyl groups excluding tert-OH is 1. The van der Waals surface area contributed by atoms with Gasteiger partial charge in [0, 0.05) is 30.6 Å². The number of likely N-dealkylation sites (tertiary alicyclic amines) is 1. The van der Waals surface area contributed by atoms with Crippen molar-refractivity contribution in [2.75, 3.05) is 19.6 Å². The van der Waals surface area contributed by atoms with Crippen molar-refractivity contribution >= 4 is 11.0 Å². The van der Waals surface area contributed by atoms with E-state index < -0.39 is 0 Å². The van der Waals surface area contributed by atoms with E-state index in [1.165, 1.54) is 107 Å². The van der Waals surface area contributed by atoms with Crippen LogP contribution in [0.25, 0.3) is 11.0 Å². The maximum atomic E-state index is 9.64. The van der Waals surface area contributed by atoms with Gasteiger partial charge in [0.1, 0.15) is 5.82 Å². The van der Waals surface area contributed by atoms with Gasteiger partial charge in [-0.3, -0.25) is 9.80 Å². The van der Waals surface area contributed by atoms with Crippen molar-refractivity contribution in [3.8, 4) is 0 Å². The monoisotopic (exact) mass is 530 g/mol. The Morgan fingerprint density at radius 3 is 2.18 bits per heavy atom. The number of aromatic nitrogens is 2. The van der Waals surface area contributed by atoms with Gasteiger partial charge in [0.2, 0.25) is 0 Å². The first-order valence-corrected chi connectivity index (χ1v) is 16.4. The Morgan fingerprint density at radius 1 is 0.795 bits per heavy atom. The smallest absolute Gasteiger partial charge is 0.110 e. The van der Waals surface area contributed by atoms with E-state index in [1.54, 1.807) is 0 Å². The molecule has 2 unspecified atom stereocenters. The highest BCUT2D eigenvalue weighted by atomic mass is 16.3. The molecular weight excluding hydrogens is 480 g/mol. The lowest BCUT2D eigenvalue weighted by Gasteiger charge is -2.54. The van der Waals surface area contributed by atoms with Gasteiger partial charge in [-0.2, -0.15) is 0 Å². The molecule has 4 heterocycles. The zero-order valence-electron chi connectivity index (χ0n) is 24.0. The molecule has 1 N–H and O–H groups in total. The molecule has 1 aromatic heterocycles. The molecule has 3 saturated heterocycles. The van der Waals surface area contributed by atoms with Gasteiger partial charge >= 0.3 is 0 Å². The second kappa shape index (κ2) is 11.2. The molecule has 7 rings (SSSR count). The fraction of sp³-hybridized carbons (Fsp3) is 0.735.